The lowest BCUT2D eigenvalue weighted by atomic mass is 10.2. The predicted molar refractivity (Wildman–Crippen MR) is 94.2 cm³/mol. The van der Waals surface area contributed by atoms with Crippen molar-refractivity contribution >= 4 is 11.9 Å². The van der Waals surface area contributed by atoms with E-state index in [0.717, 1.165) is 7.05 Å². The van der Waals surface area contributed by atoms with Gasteiger partial charge < -0.3 is 20.3 Å². The van der Waals surface area contributed by atoms with Gasteiger partial charge in [0.25, 0.3) is 0 Å². The number of carbonyl (C=O) groups is 1. The van der Waals surface area contributed by atoms with Gasteiger partial charge in [-0.05, 0) is 18.6 Å². The molecule has 0 spiro atoms. The Morgan fingerprint density at radius 3 is 2.52 bits per heavy atom. The van der Waals surface area contributed by atoms with Crippen molar-refractivity contribution in [3.05, 3.63) is 30.1 Å². The van der Waals surface area contributed by atoms with Crippen molar-refractivity contribution in [2.75, 3.05) is 33.7 Å². The first-order valence-corrected chi connectivity index (χ1v) is 8.32. The van der Waals surface area contributed by atoms with E-state index in [4.69, 9.17) is 4.74 Å². The Kier molecular flexibility index (Phi) is 8.83. The number of amides is 1. The number of hydrogen-bond acceptors (Lipinski definition) is 3. The van der Waals surface area contributed by atoms with Crippen LogP contribution in [0.3, 0.4) is 0 Å². The second kappa shape index (κ2) is 10.6. The summed E-state index contributed by atoms with van der Waals surface area (Å²) in [6.07, 6.45) is -4.25. The monoisotopic (exact) mass is 392 g/mol. The topological polar surface area (TPSA) is 66.0 Å². The molecule has 2 N–H and O–H groups in total. The molecule has 1 rings (SSSR count). The normalized spacial score (nSPS) is 13.1. The number of para-hydroxylation sites is 1. The van der Waals surface area contributed by atoms with E-state index in [1.54, 1.807) is 12.1 Å². The SMILES string of the molecule is CCC(CNC(=NC)NCC(=O)N(C)CC(F)(F)F)Oc1ccccc1F. The number of halogens is 4. The van der Waals surface area contributed by atoms with E-state index in [1.165, 1.54) is 19.2 Å². The molecule has 10 heteroatoms. The summed E-state index contributed by atoms with van der Waals surface area (Å²) in [4.78, 5) is 16.2. The van der Waals surface area contributed by atoms with E-state index in [-0.39, 0.29) is 30.9 Å². The second-order valence-corrected chi connectivity index (χ2v) is 5.75. The highest BCUT2D eigenvalue weighted by Crippen LogP contribution is 2.18. The van der Waals surface area contributed by atoms with E-state index >= 15 is 0 Å². The minimum absolute atomic E-state index is 0.123. The quantitative estimate of drug-likeness (QED) is 0.404. The van der Waals surface area contributed by atoms with Crippen LogP contribution in [0.25, 0.3) is 0 Å². The smallest absolute Gasteiger partial charge is 0.406 e. The molecule has 1 unspecified atom stereocenters. The highest BCUT2D eigenvalue weighted by Gasteiger charge is 2.31. The maximum atomic E-state index is 13.7. The molecule has 0 aliphatic heterocycles. The second-order valence-electron chi connectivity index (χ2n) is 5.75. The predicted octanol–water partition coefficient (Wildman–Crippen LogP) is 2.17. The summed E-state index contributed by atoms with van der Waals surface area (Å²) in [5, 5.41) is 5.54. The summed E-state index contributed by atoms with van der Waals surface area (Å²) in [7, 11) is 2.53. The average molecular weight is 392 g/mol. The molecule has 0 aliphatic rings. The number of ether oxygens (including phenoxy) is 1. The van der Waals surface area contributed by atoms with E-state index < -0.39 is 24.4 Å². The molecule has 0 aliphatic carbocycles. The van der Waals surface area contributed by atoms with Gasteiger partial charge in [-0.25, -0.2) is 4.39 Å². The Balaban J connectivity index is 2.48. The number of alkyl halides is 3. The Labute approximate surface area is 155 Å². The minimum atomic E-state index is -4.46. The zero-order chi connectivity index (χ0) is 20.4. The Morgan fingerprint density at radius 1 is 1.30 bits per heavy atom. The van der Waals surface area contributed by atoms with Crippen LogP contribution in [0, 0.1) is 5.82 Å². The van der Waals surface area contributed by atoms with Gasteiger partial charge in [-0.1, -0.05) is 19.1 Å². The third-order valence-corrected chi connectivity index (χ3v) is 3.56. The fraction of sp³-hybridized carbons (Fsp3) is 0.529. The molecule has 0 saturated carbocycles. The van der Waals surface area contributed by atoms with Crippen LogP contribution < -0.4 is 15.4 Å². The molecule has 0 saturated heterocycles. The van der Waals surface area contributed by atoms with Crippen molar-refractivity contribution in [1.82, 2.24) is 15.5 Å². The van der Waals surface area contributed by atoms with Crippen LogP contribution in [-0.4, -0.2) is 62.8 Å². The van der Waals surface area contributed by atoms with Gasteiger partial charge in [-0.2, -0.15) is 13.2 Å². The lowest BCUT2D eigenvalue weighted by Crippen LogP contribution is -2.47. The Hall–Kier alpha value is -2.52. The third kappa shape index (κ3) is 8.61. The van der Waals surface area contributed by atoms with Crippen LogP contribution in [0.15, 0.2) is 29.3 Å². The number of rotatable bonds is 8. The van der Waals surface area contributed by atoms with Crippen molar-refractivity contribution < 1.29 is 27.1 Å². The Morgan fingerprint density at radius 2 is 1.96 bits per heavy atom. The summed E-state index contributed by atoms with van der Waals surface area (Å²) < 4.78 is 56.1. The highest BCUT2D eigenvalue weighted by molar-refractivity contribution is 5.86. The van der Waals surface area contributed by atoms with Crippen molar-refractivity contribution in [3.63, 3.8) is 0 Å². The fourth-order valence-electron chi connectivity index (χ4n) is 2.07. The summed E-state index contributed by atoms with van der Waals surface area (Å²) in [6.45, 7) is 0.446. The Bertz CT molecular complexity index is 638. The first-order valence-electron chi connectivity index (χ1n) is 8.32. The van der Waals surface area contributed by atoms with Crippen molar-refractivity contribution in [2.45, 2.75) is 25.6 Å². The van der Waals surface area contributed by atoms with Gasteiger partial charge in [0.15, 0.2) is 17.5 Å². The van der Waals surface area contributed by atoms with Crippen LogP contribution in [0.2, 0.25) is 0 Å². The summed E-state index contributed by atoms with van der Waals surface area (Å²) in [5.41, 5.74) is 0. The van der Waals surface area contributed by atoms with Crippen LogP contribution in [0.5, 0.6) is 5.75 Å². The molecule has 0 bridgehead atoms. The van der Waals surface area contributed by atoms with E-state index in [1.807, 2.05) is 6.92 Å². The molecule has 0 fully saturated rings. The minimum Gasteiger partial charge on any atom is -0.486 e. The number of aliphatic imine (C=N–C) groups is 1. The zero-order valence-electron chi connectivity index (χ0n) is 15.4. The molecule has 1 aromatic carbocycles. The molecule has 1 atom stereocenters. The highest BCUT2D eigenvalue weighted by atomic mass is 19.4. The van der Waals surface area contributed by atoms with Gasteiger partial charge in [0.2, 0.25) is 5.91 Å². The number of carbonyl (C=O) groups excluding carboxylic acids is 1. The fourth-order valence-corrected chi connectivity index (χ4v) is 2.07. The zero-order valence-corrected chi connectivity index (χ0v) is 15.4. The first-order chi connectivity index (χ1) is 12.7. The molecule has 0 radical (unpaired) electrons. The molecule has 1 amide bonds. The number of benzene rings is 1. The van der Waals surface area contributed by atoms with Crippen LogP contribution >= 0.6 is 0 Å². The van der Waals surface area contributed by atoms with Gasteiger partial charge in [0.05, 0.1) is 13.1 Å². The van der Waals surface area contributed by atoms with Crippen LogP contribution in [-0.2, 0) is 4.79 Å². The van der Waals surface area contributed by atoms with Crippen LogP contribution in [0.1, 0.15) is 13.3 Å². The number of nitrogens with zero attached hydrogens (tertiary/aromatic N) is 2. The van der Waals surface area contributed by atoms with Crippen molar-refractivity contribution in [1.29, 1.82) is 0 Å². The van der Waals surface area contributed by atoms with Crippen molar-refractivity contribution in [3.8, 4) is 5.75 Å². The molecule has 152 valence electrons. The lowest BCUT2D eigenvalue weighted by Gasteiger charge is -2.21. The molecule has 6 nitrogen and oxygen atoms in total. The van der Waals surface area contributed by atoms with Gasteiger partial charge in [-0.3, -0.25) is 9.79 Å². The molecule has 0 aromatic heterocycles. The standard InChI is InChI=1S/C17H24F4N4O2/c1-4-12(27-14-8-6-5-7-13(14)18)9-23-16(22-2)24-10-15(26)25(3)11-17(19,20)21/h5-8,12H,4,9-11H2,1-3H3,(H2,22,23,24). The molecule has 1 aromatic rings. The average Bonchev–Trinajstić information content (AvgIpc) is 2.60. The number of guanidine groups is 1. The first kappa shape index (κ1) is 22.5. The van der Waals surface area contributed by atoms with Gasteiger partial charge in [0.1, 0.15) is 12.6 Å². The van der Waals surface area contributed by atoms with Gasteiger partial charge in [0, 0.05) is 14.1 Å². The lowest BCUT2D eigenvalue weighted by molar-refractivity contribution is -0.157. The molecule has 27 heavy (non-hydrogen) atoms. The van der Waals surface area contributed by atoms with Gasteiger partial charge in [-0.15, -0.1) is 0 Å². The molecular weight excluding hydrogens is 368 g/mol. The van der Waals surface area contributed by atoms with E-state index in [9.17, 15) is 22.4 Å². The number of likely N-dealkylation sites (N-methyl/N-ethyl adjacent to an activating group) is 1. The van der Waals surface area contributed by atoms with Crippen molar-refractivity contribution in [2.24, 2.45) is 4.99 Å². The maximum Gasteiger partial charge on any atom is 0.406 e. The molecular formula is C17H24F4N4O2. The number of nitrogens with one attached hydrogen (secondary N) is 2. The third-order valence-electron chi connectivity index (χ3n) is 3.56. The summed E-state index contributed by atoms with van der Waals surface area (Å²) in [6, 6.07) is 6.02. The van der Waals surface area contributed by atoms with Gasteiger partial charge >= 0.3 is 6.18 Å². The van der Waals surface area contributed by atoms with E-state index in [2.05, 4.69) is 15.6 Å². The maximum absolute atomic E-state index is 13.7. The van der Waals surface area contributed by atoms with Crippen LogP contribution in [0.4, 0.5) is 17.6 Å². The summed E-state index contributed by atoms with van der Waals surface area (Å²) >= 11 is 0. The largest absolute Gasteiger partial charge is 0.486 e. The summed E-state index contributed by atoms with van der Waals surface area (Å²) in [5.74, 6) is -0.862. The molecule has 0 heterocycles. The number of hydrogen-bond donors (Lipinski definition) is 2. The van der Waals surface area contributed by atoms with E-state index in [0.29, 0.717) is 11.3 Å².